The van der Waals surface area contributed by atoms with Crippen LogP contribution < -0.4 is 5.32 Å². The van der Waals surface area contributed by atoms with Gasteiger partial charge in [0.05, 0.1) is 12.7 Å². The summed E-state index contributed by atoms with van der Waals surface area (Å²) in [5.41, 5.74) is 0. The van der Waals surface area contributed by atoms with Gasteiger partial charge in [-0.3, -0.25) is 9.32 Å². The van der Waals surface area contributed by atoms with Gasteiger partial charge < -0.3 is 20.2 Å². The van der Waals surface area contributed by atoms with Gasteiger partial charge in [-0.05, 0) is 12.3 Å². The van der Waals surface area contributed by atoms with Crippen molar-refractivity contribution in [1.82, 2.24) is 5.32 Å². The zero-order valence-corrected chi connectivity index (χ0v) is 13.8. The molecule has 0 saturated carbocycles. The molecule has 1 amide bonds. The first-order chi connectivity index (χ1) is 10.3. The van der Waals surface area contributed by atoms with E-state index in [9.17, 15) is 14.5 Å². The van der Waals surface area contributed by atoms with Gasteiger partial charge in [-0.2, -0.15) is 0 Å². The number of carbonyl (C=O) groups excluding carboxylic acids is 1. The van der Waals surface area contributed by atoms with Gasteiger partial charge in [-0.1, -0.05) is 44.9 Å². The molecule has 0 heterocycles. The van der Waals surface area contributed by atoms with E-state index < -0.39 is 26.4 Å². The Morgan fingerprint density at radius 2 is 1.86 bits per heavy atom. The number of carbonyl (C=O) groups is 1. The average molecular weight is 335 g/mol. The fraction of sp³-hybridized carbons (Fsp3) is 0.786. The van der Waals surface area contributed by atoms with Crippen molar-refractivity contribution in [3.8, 4) is 11.8 Å². The van der Waals surface area contributed by atoms with E-state index in [1.165, 1.54) is 25.7 Å². The molecule has 0 bridgehead atoms. The number of hydrogen-bond donors (Lipinski definition) is 4. The van der Waals surface area contributed by atoms with Gasteiger partial charge in [-0.15, -0.1) is 0 Å². The predicted molar refractivity (Wildman–Crippen MR) is 82.8 cm³/mol. The van der Waals surface area contributed by atoms with Crippen LogP contribution in [0.5, 0.6) is 0 Å². The first-order valence-electron chi connectivity index (χ1n) is 7.50. The minimum Gasteiger partial charge on any atom is -0.389 e. The molecule has 0 rings (SSSR count). The van der Waals surface area contributed by atoms with Crippen molar-refractivity contribution in [3.63, 3.8) is 0 Å². The molecule has 22 heavy (non-hydrogen) atoms. The monoisotopic (exact) mass is 335 g/mol. The summed E-state index contributed by atoms with van der Waals surface area (Å²) < 4.78 is 14.5. The van der Waals surface area contributed by atoms with Crippen molar-refractivity contribution in [2.45, 2.75) is 58.0 Å². The minimum absolute atomic E-state index is 0.176. The second-order valence-corrected chi connectivity index (χ2v) is 6.21. The van der Waals surface area contributed by atoms with Crippen molar-refractivity contribution >= 4 is 13.7 Å². The number of rotatable bonds is 11. The molecule has 0 aliphatic rings. The van der Waals surface area contributed by atoms with Gasteiger partial charge in [0.1, 0.15) is 0 Å². The molecule has 1 atom stereocenters. The molecule has 0 fully saturated rings. The Balaban J connectivity index is 3.65. The molecule has 0 aliphatic heterocycles. The number of phosphoric ester groups is 1. The van der Waals surface area contributed by atoms with Crippen molar-refractivity contribution < 1.29 is 28.8 Å². The van der Waals surface area contributed by atoms with Crippen LogP contribution in [0.4, 0.5) is 0 Å². The molecule has 8 heteroatoms. The summed E-state index contributed by atoms with van der Waals surface area (Å²) in [6, 6.07) is 0. The topological polar surface area (TPSA) is 116 Å². The van der Waals surface area contributed by atoms with Crippen LogP contribution in [0.25, 0.3) is 0 Å². The molecular weight excluding hydrogens is 309 g/mol. The highest BCUT2D eigenvalue weighted by atomic mass is 31.2. The first kappa shape index (κ1) is 21.1. The number of aliphatic hydroxyl groups excluding tert-OH is 1. The van der Waals surface area contributed by atoms with Gasteiger partial charge >= 0.3 is 7.82 Å². The third-order valence-electron chi connectivity index (χ3n) is 2.79. The Hall–Kier alpha value is -0.900. The standard InChI is InChI=1S/C14H26NO6P/c1-2-3-4-5-6-7-8-9-10-14(17)15-11-13(16)12-21-22(18,19)20/h13,16H,2-8,11-12H2,1H3,(H,15,17)(H2,18,19,20). The third kappa shape index (κ3) is 15.5. The van der Waals surface area contributed by atoms with Crippen LogP contribution in [0.3, 0.4) is 0 Å². The average Bonchev–Trinajstić information content (AvgIpc) is 2.45. The molecule has 128 valence electrons. The molecular formula is C14H26NO6P. The lowest BCUT2D eigenvalue weighted by molar-refractivity contribution is -0.116. The van der Waals surface area contributed by atoms with Crippen LogP contribution in [-0.4, -0.2) is 40.1 Å². The Morgan fingerprint density at radius 3 is 2.50 bits per heavy atom. The van der Waals surface area contributed by atoms with Crippen molar-refractivity contribution in [3.05, 3.63) is 0 Å². The van der Waals surface area contributed by atoms with E-state index in [0.717, 1.165) is 12.8 Å². The Morgan fingerprint density at radius 1 is 1.23 bits per heavy atom. The summed E-state index contributed by atoms with van der Waals surface area (Å²) in [5, 5.41) is 11.7. The maximum atomic E-state index is 11.3. The molecule has 0 radical (unpaired) electrons. The normalized spacial score (nSPS) is 12.4. The fourth-order valence-corrected chi connectivity index (χ4v) is 2.00. The van der Waals surface area contributed by atoms with Gasteiger partial charge in [0.2, 0.25) is 0 Å². The van der Waals surface area contributed by atoms with Crippen LogP contribution in [0.1, 0.15) is 51.9 Å². The maximum Gasteiger partial charge on any atom is 0.469 e. The van der Waals surface area contributed by atoms with Gasteiger partial charge in [0.15, 0.2) is 0 Å². The van der Waals surface area contributed by atoms with E-state index >= 15 is 0 Å². The van der Waals surface area contributed by atoms with Crippen molar-refractivity contribution in [2.75, 3.05) is 13.2 Å². The Labute approximate surface area is 131 Å². The van der Waals surface area contributed by atoms with Gasteiger partial charge in [0.25, 0.3) is 5.91 Å². The molecule has 0 aliphatic carbocycles. The van der Waals surface area contributed by atoms with Gasteiger partial charge in [0, 0.05) is 13.0 Å². The lowest BCUT2D eigenvalue weighted by atomic mass is 10.1. The number of aliphatic hydroxyl groups is 1. The summed E-state index contributed by atoms with van der Waals surface area (Å²) in [5.74, 6) is 4.64. The lowest BCUT2D eigenvalue weighted by Gasteiger charge is -2.11. The number of hydrogen-bond acceptors (Lipinski definition) is 4. The highest BCUT2D eigenvalue weighted by Gasteiger charge is 2.16. The molecule has 0 aromatic heterocycles. The number of nitrogens with one attached hydrogen (secondary N) is 1. The Kier molecular flexibility index (Phi) is 12.1. The first-order valence-corrected chi connectivity index (χ1v) is 9.03. The van der Waals surface area contributed by atoms with Crippen LogP contribution in [0, 0.1) is 11.8 Å². The zero-order chi connectivity index (χ0) is 16.8. The van der Waals surface area contributed by atoms with Crippen molar-refractivity contribution in [2.24, 2.45) is 0 Å². The summed E-state index contributed by atoms with van der Waals surface area (Å²) in [6.07, 6.45) is 6.41. The minimum atomic E-state index is -4.60. The van der Waals surface area contributed by atoms with Crippen LogP contribution in [0.15, 0.2) is 0 Å². The van der Waals surface area contributed by atoms with E-state index in [1.807, 2.05) is 0 Å². The number of unbranched alkanes of at least 4 members (excludes halogenated alkanes) is 6. The molecule has 4 N–H and O–H groups in total. The molecule has 7 nitrogen and oxygen atoms in total. The quantitative estimate of drug-likeness (QED) is 0.257. The number of amides is 1. The van der Waals surface area contributed by atoms with Crippen molar-refractivity contribution in [1.29, 1.82) is 0 Å². The summed E-state index contributed by atoms with van der Waals surface area (Å²) in [6.45, 7) is 1.43. The Bertz CT molecular complexity index is 411. The highest BCUT2D eigenvalue weighted by Crippen LogP contribution is 2.35. The summed E-state index contributed by atoms with van der Waals surface area (Å²) in [4.78, 5) is 28.2. The van der Waals surface area contributed by atoms with E-state index in [0.29, 0.717) is 6.42 Å². The molecule has 1 unspecified atom stereocenters. The molecule has 0 aromatic rings. The number of phosphoric acid groups is 1. The fourth-order valence-electron chi connectivity index (χ4n) is 1.63. The van der Waals surface area contributed by atoms with E-state index in [1.54, 1.807) is 0 Å². The molecule has 0 spiro atoms. The smallest absolute Gasteiger partial charge is 0.389 e. The zero-order valence-electron chi connectivity index (χ0n) is 13.0. The van der Waals surface area contributed by atoms with E-state index in [2.05, 4.69) is 28.6 Å². The second-order valence-electron chi connectivity index (χ2n) is 4.97. The largest absolute Gasteiger partial charge is 0.469 e. The lowest BCUT2D eigenvalue weighted by Crippen LogP contribution is -2.33. The van der Waals surface area contributed by atoms with Crippen LogP contribution >= 0.6 is 7.82 Å². The maximum absolute atomic E-state index is 11.3. The van der Waals surface area contributed by atoms with Crippen LogP contribution in [0.2, 0.25) is 0 Å². The predicted octanol–water partition coefficient (Wildman–Crippen LogP) is 1.33. The molecule has 0 aromatic carbocycles. The molecule has 0 saturated heterocycles. The second kappa shape index (κ2) is 12.6. The summed E-state index contributed by atoms with van der Waals surface area (Å²) in [7, 11) is -4.60. The summed E-state index contributed by atoms with van der Waals surface area (Å²) >= 11 is 0. The van der Waals surface area contributed by atoms with Crippen LogP contribution in [-0.2, 0) is 13.9 Å². The van der Waals surface area contributed by atoms with Gasteiger partial charge in [-0.25, -0.2) is 4.57 Å². The third-order valence-corrected chi connectivity index (χ3v) is 3.28. The van der Waals surface area contributed by atoms with E-state index in [4.69, 9.17) is 9.79 Å². The highest BCUT2D eigenvalue weighted by molar-refractivity contribution is 7.46. The van der Waals surface area contributed by atoms with E-state index in [-0.39, 0.29) is 6.54 Å². The SMILES string of the molecule is CCCCCCCCC#CC(=O)NCC(O)COP(=O)(O)O.